The van der Waals surface area contributed by atoms with E-state index in [9.17, 15) is 9.67 Å². The third-order valence-corrected chi connectivity index (χ3v) is 9.94. The van der Waals surface area contributed by atoms with Gasteiger partial charge in [-0.2, -0.15) is 0 Å². The number of ether oxygens (including phenoxy) is 2. The SMILES string of the molecule is CCCC(O)(c1ccccc1)c1ccc2cc(-c3ccc(COC4CCCCO4)cc3)cc(P(=O)(OCC)OCC)c2n1. The summed E-state index contributed by atoms with van der Waals surface area (Å²) in [5.41, 5.74) is 3.32. The molecule has 2 unspecified atom stereocenters. The predicted molar refractivity (Wildman–Crippen MR) is 170 cm³/mol. The highest BCUT2D eigenvalue weighted by molar-refractivity contribution is 7.62. The molecule has 3 aromatic carbocycles. The second-order valence-corrected chi connectivity index (χ2v) is 12.9. The molecule has 2 heterocycles. The van der Waals surface area contributed by atoms with E-state index in [1.807, 2.05) is 85.8 Å². The van der Waals surface area contributed by atoms with Crippen molar-refractivity contribution in [2.75, 3.05) is 19.8 Å². The first-order valence-electron chi connectivity index (χ1n) is 15.4. The molecule has 1 aromatic heterocycles. The maximum Gasteiger partial charge on any atom is 0.363 e. The molecule has 0 saturated carbocycles. The van der Waals surface area contributed by atoms with Crippen molar-refractivity contribution < 1.29 is 28.2 Å². The fourth-order valence-electron chi connectivity index (χ4n) is 5.66. The van der Waals surface area contributed by atoms with Crippen LogP contribution in [0, 0.1) is 0 Å². The third kappa shape index (κ3) is 7.09. The van der Waals surface area contributed by atoms with Crippen LogP contribution in [0.25, 0.3) is 22.0 Å². The Bertz CT molecular complexity index is 1530. The Morgan fingerprint density at radius 2 is 1.67 bits per heavy atom. The van der Waals surface area contributed by atoms with E-state index in [1.165, 1.54) is 0 Å². The first-order chi connectivity index (χ1) is 20.9. The molecule has 0 amide bonds. The van der Waals surface area contributed by atoms with Gasteiger partial charge in [0, 0.05) is 12.0 Å². The van der Waals surface area contributed by atoms with Crippen LogP contribution in [0.4, 0.5) is 0 Å². The smallest absolute Gasteiger partial charge is 0.363 e. The Morgan fingerprint density at radius 3 is 2.33 bits per heavy atom. The number of hydrogen-bond acceptors (Lipinski definition) is 7. The van der Waals surface area contributed by atoms with Crippen LogP contribution in [0.15, 0.2) is 78.9 Å². The monoisotopic (exact) mass is 603 g/mol. The molecule has 1 aliphatic rings. The first-order valence-corrected chi connectivity index (χ1v) is 16.9. The molecule has 2 atom stereocenters. The molecule has 1 saturated heterocycles. The van der Waals surface area contributed by atoms with Crippen LogP contribution in [-0.4, -0.2) is 36.2 Å². The minimum absolute atomic E-state index is 0.142. The van der Waals surface area contributed by atoms with Gasteiger partial charge in [-0.25, -0.2) is 4.98 Å². The van der Waals surface area contributed by atoms with Crippen molar-refractivity contribution in [2.24, 2.45) is 0 Å². The fraction of sp³-hybridized carbons (Fsp3) is 0.400. The van der Waals surface area contributed by atoms with E-state index in [2.05, 4.69) is 0 Å². The minimum Gasteiger partial charge on any atom is -0.379 e. The molecule has 1 aliphatic heterocycles. The van der Waals surface area contributed by atoms with Crippen molar-refractivity contribution >= 4 is 23.8 Å². The van der Waals surface area contributed by atoms with Crippen LogP contribution in [0.2, 0.25) is 0 Å². The van der Waals surface area contributed by atoms with Crippen LogP contribution in [-0.2, 0) is 35.3 Å². The van der Waals surface area contributed by atoms with Gasteiger partial charge in [-0.15, -0.1) is 0 Å². The lowest BCUT2D eigenvalue weighted by Crippen LogP contribution is -2.29. The Balaban J connectivity index is 1.57. The van der Waals surface area contributed by atoms with E-state index in [1.54, 1.807) is 13.8 Å². The Hall–Kier alpha value is -2.90. The van der Waals surface area contributed by atoms with E-state index in [-0.39, 0.29) is 19.5 Å². The molecule has 0 aliphatic carbocycles. The Kier molecular flexibility index (Phi) is 10.5. The first kappa shape index (κ1) is 31.5. The van der Waals surface area contributed by atoms with E-state index in [0.29, 0.717) is 29.5 Å². The number of aliphatic hydroxyl groups is 1. The van der Waals surface area contributed by atoms with Crippen molar-refractivity contribution in [3.05, 3.63) is 95.7 Å². The van der Waals surface area contributed by atoms with Crippen molar-refractivity contribution in [1.29, 1.82) is 0 Å². The highest BCUT2D eigenvalue weighted by Crippen LogP contribution is 2.49. The van der Waals surface area contributed by atoms with Crippen molar-refractivity contribution in [2.45, 2.75) is 71.4 Å². The van der Waals surface area contributed by atoms with Crippen LogP contribution in [0.1, 0.15) is 69.7 Å². The summed E-state index contributed by atoms with van der Waals surface area (Å²) in [5, 5.41) is 13.2. The lowest BCUT2D eigenvalue weighted by Gasteiger charge is -2.29. The molecule has 0 radical (unpaired) electrons. The van der Waals surface area contributed by atoms with E-state index >= 15 is 0 Å². The zero-order valence-electron chi connectivity index (χ0n) is 25.3. The molecule has 1 fully saturated rings. The third-order valence-electron chi connectivity index (χ3n) is 7.81. The highest BCUT2D eigenvalue weighted by atomic mass is 31.2. The lowest BCUT2D eigenvalue weighted by atomic mass is 9.85. The molecule has 4 aromatic rings. The molecular weight excluding hydrogens is 561 g/mol. The standard InChI is InChI=1S/C35H42NO6P/c1-4-21-35(37,30-12-8-7-9-13-30)32-20-19-28-23-29(24-31(34(28)36-32)43(38,41-5-2)42-6-3)27-17-15-26(16-18-27)25-40-33-14-10-11-22-39-33/h7-9,12-13,15-20,23-24,33,37H,4-6,10-11,14,21-22,25H2,1-3H3. The summed E-state index contributed by atoms with van der Waals surface area (Å²) in [6, 6.07) is 25.4. The molecule has 43 heavy (non-hydrogen) atoms. The molecule has 1 N–H and O–H groups in total. The van der Waals surface area contributed by atoms with Crippen LogP contribution < -0.4 is 5.30 Å². The number of rotatable bonds is 13. The van der Waals surface area contributed by atoms with Gasteiger partial charge in [0.05, 0.1) is 36.3 Å². The molecular formula is C35H42NO6P. The van der Waals surface area contributed by atoms with Gasteiger partial charge in [-0.1, -0.05) is 74.0 Å². The second-order valence-electron chi connectivity index (χ2n) is 10.9. The van der Waals surface area contributed by atoms with Gasteiger partial charge in [-0.05, 0) is 80.0 Å². The lowest BCUT2D eigenvalue weighted by molar-refractivity contribution is -0.168. The van der Waals surface area contributed by atoms with Crippen LogP contribution in [0.5, 0.6) is 0 Å². The normalized spacial score (nSPS) is 17.2. The highest BCUT2D eigenvalue weighted by Gasteiger charge is 2.35. The van der Waals surface area contributed by atoms with Gasteiger partial charge < -0.3 is 23.6 Å². The average molecular weight is 604 g/mol. The second kappa shape index (κ2) is 14.3. The summed E-state index contributed by atoms with van der Waals surface area (Å²) in [6.45, 7) is 7.29. The Labute approximate surface area is 254 Å². The number of pyridine rings is 1. The summed E-state index contributed by atoms with van der Waals surface area (Å²) >= 11 is 0. The molecule has 5 rings (SSSR count). The Morgan fingerprint density at radius 1 is 0.930 bits per heavy atom. The van der Waals surface area contributed by atoms with Crippen molar-refractivity contribution in [3.63, 3.8) is 0 Å². The van der Waals surface area contributed by atoms with E-state index in [0.717, 1.165) is 59.9 Å². The molecule has 0 bridgehead atoms. The number of benzene rings is 3. The largest absolute Gasteiger partial charge is 0.379 e. The number of aromatic nitrogens is 1. The quantitative estimate of drug-likeness (QED) is 0.156. The summed E-state index contributed by atoms with van der Waals surface area (Å²) in [7, 11) is -3.74. The van der Waals surface area contributed by atoms with E-state index < -0.39 is 13.2 Å². The average Bonchev–Trinajstić information content (AvgIpc) is 3.04. The summed E-state index contributed by atoms with van der Waals surface area (Å²) < 4.78 is 37.6. The van der Waals surface area contributed by atoms with Gasteiger partial charge in [-0.3, -0.25) is 4.57 Å². The van der Waals surface area contributed by atoms with Crippen LogP contribution in [0.3, 0.4) is 0 Å². The molecule has 0 spiro atoms. The maximum atomic E-state index is 14.3. The summed E-state index contributed by atoms with van der Waals surface area (Å²) in [4.78, 5) is 4.98. The van der Waals surface area contributed by atoms with Gasteiger partial charge in [0.15, 0.2) is 6.29 Å². The van der Waals surface area contributed by atoms with Crippen molar-refractivity contribution in [3.8, 4) is 11.1 Å². The van der Waals surface area contributed by atoms with Crippen molar-refractivity contribution in [1.82, 2.24) is 4.98 Å². The fourth-order valence-corrected chi connectivity index (χ4v) is 7.43. The summed E-state index contributed by atoms with van der Waals surface area (Å²) in [5.74, 6) is 0. The maximum absolute atomic E-state index is 14.3. The number of nitrogens with zero attached hydrogens (tertiary/aromatic N) is 1. The molecule has 7 nitrogen and oxygen atoms in total. The molecule has 228 valence electrons. The van der Waals surface area contributed by atoms with E-state index in [4.69, 9.17) is 23.5 Å². The van der Waals surface area contributed by atoms with Crippen LogP contribution >= 0.6 is 7.60 Å². The predicted octanol–water partition coefficient (Wildman–Crippen LogP) is 7.87. The number of hydrogen-bond donors (Lipinski definition) is 1. The zero-order chi connectivity index (χ0) is 30.3. The van der Waals surface area contributed by atoms with Gasteiger partial charge in [0.1, 0.15) is 5.60 Å². The zero-order valence-corrected chi connectivity index (χ0v) is 26.2. The molecule has 8 heteroatoms. The topological polar surface area (TPSA) is 87.1 Å². The van der Waals surface area contributed by atoms with Gasteiger partial charge in [0.25, 0.3) is 0 Å². The number of fused-ring (bicyclic) bond motifs is 1. The summed E-state index contributed by atoms with van der Waals surface area (Å²) in [6.07, 6.45) is 4.24. The van der Waals surface area contributed by atoms with Gasteiger partial charge >= 0.3 is 7.60 Å². The van der Waals surface area contributed by atoms with Gasteiger partial charge in [0.2, 0.25) is 0 Å². The minimum atomic E-state index is -3.74.